The summed E-state index contributed by atoms with van der Waals surface area (Å²) in [6, 6.07) is 7.55. The predicted octanol–water partition coefficient (Wildman–Crippen LogP) is 1.47. The van der Waals surface area contributed by atoms with Crippen LogP contribution in [0.2, 0.25) is 0 Å². The van der Waals surface area contributed by atoms with Crippen molar-refractivity contribution in [3.8, 4) is 0 Å². The molecule has 4 nitrogen and oxygen atoms in total. The standard InChI is InChI=1S/C14H22N2O2S/c1-11(19(2)18)9-10-16-14(17)8-5-12-3-6-13(15)7-4-12/h3-4,6-7,11H,5,8-10,15H2,1-2H3,(H,16,17). The smallest absolute Gasteiger partial charge is 0.220 e. The van der Waals surface area contributed by atoms with Crippen molar-refractivity contribution in [3.05, 3.63) is 29.8 Å². The molecule has 1 aromatic carbocycles. The highest BCUT2D eigenvalue weighted by Crippen LogP contribution is 2.07. The number of hydrogen-bond donors (Lipinski definition) is 2. The molecular formula is C14H22N2O2S. The fourth-order valence-electron chi connectivity index (χ4n) is 1.61. The van der Waals surface area contributed by atoms with Gasteiger partial charge in [-0.15, -0.1) is 0 Å². The van der Waals surface area contributed by atoms with Crippen LogP contribution in [-0.2, 0) is 22.0 Å². The largest absolute Gasteiger partial charge is 0.399 e. The number of anilines is 1. The maximum Gasteiger partial charge on any atom is 0.220 e. The number of hydrogen-bond acceptors (Lipinski definition) is 3. The lowest BCUT2D eigenvalue weighted by atomic mass is 10.1. The number of nitrogens with two attached hydrogens (primary N) is 1. The molecule has 106 valence electrons. The molecule has 0 heterocycles. The van der Waals surface area contributed by atoms with Gasteiger partial charge in [0, 0.05) is 41.0 Å². The zero-order chi connectivity index (χ0) is 14.3. The van der Waals surface area contributed by atoms with Crippen LogP contribution in [0.3, 0.4) is 0 Å². The summed E-state index contributed by atoms with van der Waals surface area (Å²) in [5, 5.41) is 2.97. The van der Waals surface area contributed by atoms with Crippen molar-refractivity contribution in [2.45, 2.75) is 31.4 Å². The van der Waals surface area contributed by atoms with Crippen molar-refractivity contribution >= 4 is 22.4 Å². The normalized spacial score (nSPS) is 13.8. The Hall–Kier alpha value is -1.36. The summed E-state index contributed by atoms with van der Waals surface area (Å²) in [6.45, 7) is 2.51. The molecule has 1 rings (SSSR count). The molecule has 3 N–H and O–H groups in total. The maximum absolute atomic E-state index is 11.6. The molecule has 0 radical (unpaired) electrons. The SMILES string of the molecule is CC(CCNC(=O)CCc1ccc(N)cc1)S(C)=O. The minimum Gasteiger partial charge on any atom is -0.399 e. The Bertz CT molecular complexity index is 432. The lowest BCUT2D eigenvalue weighted by molar-refractivity contribution is -0.121. The highest BCUT2D eigenvalue weighted by Gasteiger charge is 2.07. The topological polar surface area (TPSA) is 72.2 Å². The summed E-state index contributed by atoms with van der Waals surface area (Å²) in [5.41, 5.74) is 7.43. The second kappa shape index (κ2) is 7.94. The van der Waals surface area contributed by atoms with Crippen LogP contribution in [0.1, 0.15) is 25.3 Å². The second-order valence-electron chi connectivity index (χ2n) is 4.69. The Morgan fingerprint density at radius 1 is 1.37 bits per heavy atom. The third-order valence-electron chi connectivity index (χ3n) is 3.06. The highest BCUT2D eigenvalue weighted by atomic mass is 32.2. The fraction of sp³-hybridized carbons (Fsp3) is 0.500. The van der Waals surface area contributed by atoms with Gasteiger partial charge in [-0.3, -0.25) is 9.00 Å². The van der Waals surface area contributed by atoms with E-state index in [1.165, 1.54) is 0 Å². The number of aryl methyl sites for hydroxylation is 1. The van der Waals surface area contributed by atoms with Crippen molar-refractivity contribution in [1.29, 1.82) is 0 Å². The molecule has 5 heteroatoms. The maximum atomic E-state index is 11.6. The van der Waals surface area contributed by atoms with Gasteiger partial charge in [-0.05, 0) is 30.5 Å². The van der Waals surface area contributed by atoms with E-state index in [-0.39, 0.29) is 11.2 Å². The third kappa shape index (κ3) is 6.38. The molecular weight excluding hydrogens is 260 g/mol. The summed E-state index contributed by atoms with van der Waals surface area (Å²) < 4.78 is 11.1. The van der Waals surface area contributed by atoms with Gasteiger partial charge in [0.15, 0.2) is 0 Å². The van der Waals surface area contributed by atoms with Gasteiger partial charge >= 0.3 is 0 Å². The van der Waals surface area contributed by atoms with Crippen molar-refractivity contribution in [1.82, 2.24) is 5.32 Å². The molecule has 0 fully saturated rings. The summed E-state index contributed by atoms with van der Waals surface area (Å²) in [5.74, 6) is 0.0333. The first kappa shape index (κ1) is 15.7. The van der Waals surface area contributed by atoms with Gasteiger partial charge in [0.05, 0.1) is 0 Å². The number of benzene rings is 1. The van der Waals surface area contributed by atoms with Crippen LogP contribution in [-0.4, -0.2) is 28.2 Å². The molecule has 0 bridgehead atoms. The lowest BCUT2D eigenvalue weighted by Crippen LogP contribution is -2.27. The number of carbonyl (C=O) groups excluding carboxylic acids is 1. The first-order valence-corrected chi connectivity index (χ1v) is 8.04. The number of nitrogens with one attached hydrogen (secondary N) is 1. The monoisotopic (exact) mass is 282 g/mol. The fourth-order valence-corrected chi connectivity index (χ4v) is 2.06. The van der Waals surface area contributed by atoms with Gasteiger partial charge in [-0.2, -0.15) is 0 Å². The van der Waals surface area contributed by atoms with E-state index < -0.39 is 10.8 Å². The first-order valence-electron chi connectivity index (χ1n) is 6.42. The molecule has 0 saturated heterocycles. The molecule has 1 amide bonds. The Morgan fingerprint density at radius 2 is 2.00 bits per heavy atom. The summed E-state index contributed by atoms with van der Waals surface area (Å²) in [6.07, 6.45) is 3.61. The van der Waals surface area contributed by atoms with Crippen molar-refractivity contribution in [3.63, 3.8) is 0 Å². The number of carbonyl (C=O) groups is 1. The Labute approximate surface area is 117 Å². The van der Waals surface area contributed by atoms with Crippen LogP contribution >= 0.6 is 0 Å². The Kier molecular flexibility index (Phi) is 6.56. The molecule has 2 atom stereocenters. The lowest BCUT2D eigenvalue weighted by Gasteiger charge is -2.09. The van der Waals surface area contributed by atoms with Gasteiger partial charge in [0.2, 0.25) is 5.91 Å². The zero-order valence-electron chi connectivity index (χ0n) is 11.5. The minimum atomic E-state index is -0.824. The van der Waals surface area contributed by atoms with E-state index in [2.05, 4.69) is 5.32 Å². The van der Waals surface area contributed by atoms with Gasteiger partial charge in [-0.25, -0.2) is 0 Å². The van der Waals surface area contributed by atoms with Gasteiger partial charge in [-0.1, -0.05) is 19.1 Å². The van der Waals surface area contributed by atoms with Crippen LogP contribution in [0.15, 0.2) is 24.3 Å². The minimum absolute atomic E-state index is 0.0333. The zero-order valence-corrected chi connectivity index (χ0v) is 12.3. The van der Waals surface area contributed by atoms with E-state index in [0.717, 1.165) is 17.7 Å². The van der Waals surface area contributed by atoms with Gasteiger partial charge in [0.1, 0.15) is 0 Å². The van der Waals surface area contributed by atoms with E-state index >= 15 is 0 Å². The van der Waals surface area contributed by atoms with E-state index in [1.54, 1.807) is 6.26 Å². The third-order valence-corrected chi connectivity index (χ3v) is 4.43. The van der Waals surface area contributed by atoms with Crippen LogP contribution in [0.25, 0.3) is 0 Å². The molecule has 19 heavy (non-hydrogen) atoms. The molecule has 0 aliphatic rings. The van der Waals surface area contributed by atoms with Gasteiger partial charge < -0.3 is 11.1 Å². The van der Waals surface area contributed by atoms with Crippen LogP contribution in [0, 0.1) is 0 Å². The Balaban J connectivity index is 2.21. The van der Waals surface area contributed by atoms with E-state index in [1.807, 2.05) is 31.2 Å². The number of amides is 1. The van der Waals surface area contributed by atoms with Gasteiger partial charge in [0.25, 0.3) is 0 Å². The summed E-state index contributed by atoms with van der Waals surface area (Å²) in [4.78, 5) is 11.6. The molecule has 0 aliphatic carbocycles. The average Bonchev–Trinajstić information content (AvgIpc) is 2.37. The molecule has 2 unspecified atom stereocenters. The second-order valence-corrected chi connectivity index (χ2v) is 6.49. The van der Waals surface area contributed by atoms with E-state index in [0.29, 0.717) is 19.4 Å². The van der Waals surface area contributed by atoms with Crippen molar-refractivity contribution in [2.75, 3.05) is 18.5 Å². The summed E-state index contributed by atoms with van der Waals surface area (Å²) >= 11 is 0. The molecule has 0 aliphatic heterocycles. The molecule has 0 aromatic heterocycles. The quantitative estimate of drug-likeness (QED) is 0.744. The Morgan fingerprint density at radius 3 is 2.58 bits per heavy atom. The van der Waals surface area contributed by atoms with Crippen LogP contribution in [0.5, 0.6) is 0 Å². The number of rotatable bonds is 7. The van der Waals surface area contributed by atoms with E-state index in [4.69, 9.17) is 5.73 Å². The molecule has 1 aromatic rings. The predicted molar refractivity (Wildman–Crippen MR) is 80.3 cm³/mol. The average molecular weight is 282 g/mol. The number of nitrogen functional groups attached to an aromatic ring is 1. The molecule has 0 spiro atoms. The van der Waals surface area contributed by atoms with E-state index in [9.17, 15) is 9.00 Å². The highest BCUT2D eigenvalue weighted by molar-refractivity contribution is 7.84. The molecule has 0 saturated carbocycles. The van der Waals surface area contributed by atoms with Crippen molar-refractivity contribution in [2.24, 2.45) is 0 Å². The van der Waals surface area contributed by atoms with Crippen LogP contribution in [0.4, 0.5) is 5.69 Å². The van der Waals surface area contributed by atoms with Crippen molar-refractivity contribution < 1.29 is 9.00 Å². The first-order chi connectivity index (χ1) is 8.99. The summed E-state index contributed by atoms with van der Waals surface area (Å²) in [7, 11) is -0.824. The van der Waals surface area contributed by atoms with Crippen LogP contribution < -0.4 is 11.1 Å².